The summed E-state index contributed by atoms with van der Waals surface area (Å²) in [5.74, 6) is 0.334. The average Bonchev–Trinajstić information content (AvgIpc) is 3.37. The molecule has 3 aromatic carbocycles. The normalized spacial score (nSPS) is 14.2. The predicted octanol–water partition coefficient (Wildman–Crippen LogP) is 5.20. The first-order valence-electron chi connectivity index (χ1n) is 14.7. The van der Waals surface area contributed by atoms with Crippen molar-refractivity contribution in [1.29, 1.82) is 0 Å². The van der Waals surface area contributed by atoms with Crippen LogP contribution in [-0.4, -0.2) is 41.2 Å². The smallest absolute Gasteiger partial charge is 0.338 e. The zero-order valence-corrected chi connectivity index (χ0v) is 27.1. The number of carbonyl (C=O) groups is 1. The van der Waals surface area contributed by atoms with Crippen LogP contribution in [0.3, 0.4) is 0 Å². The molecule has 14 nitrogen and oxygen atoms in total. The Morgan fingerprint density at radius 3 is 2.42 bits per heavy atom. The first-order chi connectivity index (χ1) is 23.1. The van der Waals surface area contributed by atoms with E-state index in [1.165, 1.54) is 18.8 Å². The summed E-state index contributed by atoms with van der Waals surface area (Å²) in [5, 5.41) is 22.7. The maximum absolute atomic E-state index is 14.2. The molecular formula is C33H30N4O10S. The summed E-state index contributed by atoms with van der Waals surface area (Å²) in [6.45, 7) is 3.78. The van der Waals surface area contributed by atoms with Crippen molar-refractivity contribution >= 4 is 34.8 Å². The molecule has 0 saturated carbocycles. The number of allylic oxidation sites excluding steroid dienone is 1. The van der Waals surface area contributed by atoms with Gasteiger partial charge in [0, 0.05) is 11.6 Å². The standard InChI is InChI=1S/C33H30N4O10S/c1-5-8-24-29(32(39)46-6-2)30(23-18-21(44-3)12-14-26(23)45-4)35-31(38)28(48-33(35)34-24)16-19-9-7-10-22(15-19)47-27-13-11-20(36(40)41)17-25(27)37(42)43/h7,9-18,30H,5-6,8H2,1-4H3/b28-16+/t30-/m0/s1. The monoisotopic (exact) mass is 674 g/mol. The van der Waals surface area contributed by atoms with E-state index >= 15 is 0 Å². The number of hydrogen-bond donors (Lipinski definition) is 0. The van der Waals surface area contributed by atoms with Crippen molar-refractivity contribution in [3.63, 3.8) is 0 Å². The molecule has 0 amide bonds. The maximum atomic E-state index is 14.2. The molecule has 48 heavy (non-hydrogen) atoms. The number of benzene rings is 3. The quantitative estimate of drug-likeness (QED) is 0.110. The van der Waals surface area contributed by atoms with E-state index < -0.39 is 38.8 Å². The molecule has 1 aliphatic heterocycles. The van der Waals surface area contributed by atoms with Crippen LogP contribution in [0, 0.1) is 20.2 Å². The zero-order chi connectivity index (χ0) is 34.5. The van der Waals surface area contributed by atoms with Gasteiger partial charge in [0.2, 0.25) is 5.75 Å². The predicted molar refractivity (Wildman–Crippen MR) is 175 cm³/mol. The Balaban J connectivity index is 1.65. The van der Waals surface area contributed by atoms with Crippen LogP contribution in [0.4, 0.5) is 11.4 Å². The summed E-state index contributed by atoms with van der Waals surface area (Å²) in [5.41, 5.74) is 0.311. The Morgan fingerprint density at radius 2 is 1.75 bits per heavy atom. The number of nitro groups is 2. The molecule has 0 spiro atoms. The highest BCUT2D eigenvalue weighted by molar-refractivity contribution is 7.07. The van der Waals surface area contributed by atoms with Crippen LogP contribution in [0.25, 0.3) is 6.08 Å². The molecule has 1 aromatic heterocycles. The molecule has 0 N–H and O–H groups in total. The van der Waals surface area contributed by atoms with Gasteiger partial charge >= 0.3 is 11.7 Å². The Labute approximate surface area is 277 Å². The van der Waals surface area contributed by atoms with E-state index in [-0.39, 0.29) is 23.7 Å². The van der Waals surface area contributed by atoms with Crippen molar-refractivity contribution in [3.05, 3.63) is 123 Å². The van der Waals surface area contributed by atoms with Gasteiger partial charge in [0.1, 0.15) is 23.3 Å². The second-order valence-corrected chi connectivity index (χ2v) is 11.4. The van der Waals surface area contributed by atoms with E-state index in [1.807, 2.05) is 6.92 Å². The lowest BCUT2D eigenvalue weighted by atomic mass is 9.93. The number of nitro benzene ring substituents is 2. The molecule has 1 atom stereocenters. The molecular weight excluding hydrogens is 644 g/mol. The van der Waals surface area contributed by atoms with Gasteiger partial charge in [-0.05, 0) is 61.4 Å². The highest BCUT2D eigenvalue weighted by Gasteiger charge is 2.36. The van der Waals surface area contributed by atoms with E-state index in [2.05, 4.69) is 0 Å². The number of nitrogens with zero attached hydrogens (tertiary/aromatic N) is 4. The molecule has 248 valence electrons. The van der Waals surface area contributed by atoms with Gasteiger partial charge in [0.05, 0.1) is 52.5 Å². The molecule has 0 fully saturated rings. The number of thiazole rings is 1. The molecule has 0 saturated heterocycles. The van der Waals surface area contributed by atoms with Gasteiger partial charge in [-0.15, -0.1) is 0 Å². The summed E-state index contributed by atoms with van der Waals surface area (Å²) < 4.78 is 24.1. The number of esters is 1. The highest BCUT2D eigenvalue weighted by atomic mass is 32.1. The SMILES string of the molecule is CCCC1=C(C(=O)OCC)[C@H](c2cc(OC)ccc2OC)n2c(s/c(=C/c3cccc(Oc4ccc([N+](=O)[O-])cc4[N+](=O)[O-])c3)c2=O)=N1. The minimum atomic E-state index is -0.939. The van der Waals surface area contributed by atoms with Crippen LogP contribution in [0.5, 0.6) is 23.0 Å². The maximum Gasteiger partial charge on any atom is 0.338 e. The molecule has 15 heteroatoms. The van der Waals surface area contributed by atoms with Crippen molar-refractivity contribution in [2.45, 2.75) is 32.7 Å². The molecule has 2 heterocycles. The van der Waals surface area contributed by atoms with Crippen LogP contribution < -0.4 is 29.1 Å². The molecule has 0 bridgehead atoms. The van der Waals surface area contributed by atoms with Crippen molar-refractivity contribution in [1.82, 2.24) is 4.57 Å². The summed E-state index contributed by atoms with van der Waals surface area (Å²) in [6, 6.07) is 13.8. The van der Waals surface area contributed by atoms with E-state index in [1.54, 1.807) is 55.5 Å². The summed E-state index contributed by atoms with van der Waals surface area (Å²) >= 11 is 1.13. The number of hydrogen-bond acceptors (Lipinski definition) is 12. The third-order valence-electron chi connectivity index (χ3n) is 7.36. The van der Waals surface area contributed by atoms with Crippen LogP contribution in [0.2, 0.25) is 0 Å². The Morgan fingerprint density at radius 1 is 0.979 bits per heavy atom. The molecule has 0 aliphatic carbocycles. The lowest BCUT2D eigenvalue weighted by Gasteiger charge is -2.27. The average molecular weight is 675 g/mol. The van der Waals surface area contributed by atoms with E-state index in [0.29, 0.717) is 50.5 Å². The van der Waals surface area contributed by atoms with Crippen molar-refractivity contribution in [2.75, 3.05) is 20.8 Å². The van der Waals surface area contributed by atoms with E-state index in [9.17, 15) is 29.8 Å². The fourth-order valence-electron chi connectivity index (χ4n) is 5.26. The largest absolute Gasteiger partial charge is 0.497 e. The number of rotatable bonds is 12. The molecule has 0 radical (unpaired) electrons. The van der Waals surface area contributed by atoms with Gasteiger partial charge in [-0.25, -0.2) is 9.79 Å². The van der Waals surface area contributed by atoms with Gasteiger partial charge in [0.15, 0.2) is 4.80 Å². The van der Waals surface area contributed by atoms with Crippen LogP contribution in [0.15, 0.2) is 81.7 Å². The number of methoxy groups -OCH3 is 2. The van der Waals surface area contributed by atoms with Crippen LogP contribution in [0.1, 0.15) is 43.9 Å². The van der Waals surface area contributed by atoms with Crippen molar-refractivity contribution in [3.8, 4) is 23.0 Å². The van der Waals surface area contributed by atoms with Crippen LogP contribution in [-0.2, 0) is 9.53 Å². The van der Waals surface area contributed by atoms with Gasteiger partial charge in [0.25, 0.3) is 11.2 Å². The summed E-state index contributed by atoms with van der Waals surface area (Å²) in [7, 11) is 3.01. The lowest BCUT2D eigenvalue weighted by Crippen LogP contribution is -2.40. The van der Waals surface area contributed by atoms with Gasteiger partial charge in [-0.1, -0.05) is 36.8 Å². The molecule has 4 aromatic rings. The first kappa shape index (κ1) is 33.5. The summed E-state index contributed by atoms with van der Waals surface area (Å²) in [6.07, 6.45) is 2.75. The van der Waals surface area contributed by atoms with E-state index in [4.69, 9.17) is 23.9 Å². The second kappa shape index (κ2) is 14.3. The number of aromatic nitrogens is 1. The Bertz CT molecular complexity index is 2140. The van der Waals surface area contributed by atoms with Gasteiger partial charge in [-0.2, -0.15) is 0 Å². The van der Waals surface area contributed by atoms with Gasteiger partial charge < -0.3 is 18.9 Å². The topological polar surface area (TPSA) is 175 Å². The van der Waals surface area contributed by atoms with Crippen LogP contribution >= 0.6 is 11.3 Å². The summed E-state index contributed by atoms with van der Waals surface area (Å²) in [4.78, 5) is 54.1. The third-order valence-corrected chi connectivity index (χ3v) is 8.34. The van der Waals surface area contributed by atoms with Crippen molar-refractivity contribution < 1.29 is 33.6 Å². The first-order valence-corrected chi connectivity index (χ1v) is 15.6. The number of non-ortho nitro benzene ring substituents is 1. The molecule has 1 aliphatic rings. The number of fused-ring (bicyclic) bond motifs is 1. The van der Waals surface area contributed by atoms with Crippen molar-refractivity contribution in [2.24, 2.45) is 4.99 Å². The fraction of sp³-hybridized carbons (Fsp3) is 0.242. The molecule has 5 rings (SSSR count). The highest BCUT2D eigenvalue weighted by Crippen LogP contribution is 2.39. The molecule has 0 unspecified atom stereocenters. The number of ether oxygens (including phenoxy) is 4. The fourth-order valence-corrected chi connectivity index (χ4v) is 6.28. The zero-order valence-electron chi connectivity index (χ0n) is 26.3. The van der Waals surface area contributed by atoms with Gasteiger partial charge in [-0.3, -0.25) is 29.6 Å². The van der Waals surface area contributed by atoms with E-state index in [0.717, 1.165) is 29.5 Å². The minimum Gasteiger partial charge on any atom is -0.497 e. The second-order valence-electron chi connectivity index (χ2n) is 10.4. The Kier molecular flexibility index (Phi) is 9.99. The third kappa shape index (κ3) is 6.66. The lowest BCUT2D eigenvalue weighted by molar-refractivity contribution is -0.394. The number of carbonyl (C=O) groups excluding carboxylic acids is 1. The minimum absolute atomic E-state index is 0.121. The Hall–Kier alpha value is -5.83.